The van der Waals surface area contributed by atoms with E-state index < -0.39 is 11.7 Å². The smallest absolute Gasteiger partial charge is 0.354 e. The van der Waals surface area contributed by atoms with Gasteiger partial charge in [0.15, 0.2) is 5.13 Å². The number of pyridine rings is 1. The molecule has 0 spiro atoms. The molecule has 1 aliphatic rings. The Kier molecular flexibility index (Phi) is 7.16. The van der Waals surface area contributed by atoms with Crippen molar-refractivity contribution >= 4 is 39.8 Å². The minimum absolute atomic E-state index is 0.158. The molecule has 174 valence electrons. The average molecular weight is 496 g/mol. The molecular formula is C22H21ClF3N5OS. The predicted octanol–water partition coefficient (Wildman–Crippen LogP) is 4.56. The Hall–Kier alpha value is -2.69. The molecule has 3 heterocycles. The number of aromatic nitrogens is 2. The standard InChI is InChI=1S/C22H21ClF3N5OS/c23-18-4-2-1-3-15(18)11-17-13-28-21(33-17)29-20(32)14-30-7-9-31(10-8-30)19-6-5-16(12-27-19)22(24,25)26/h1-6,12-13H,7-11,14H2,(H,28,29,32). The van der Waals surface area contributed by atoms with Crippen LogP contribution in [0.4, 0.5) is 24.1 Å². The van der Waals surface area contributed by atoms with Gasteiger partial charge in [0, 0.05) is 54.9 Å². The molecule has 0 aliphatic carbocycles. The van der Waals surface area contributed by atoms with E-state index in [9.17, 15) is 18.0 Å². The molecule has 4 rings (SSSR count). The second-order valence-corrected chi connectivity index (χ2v) is 9.14. The quantitative estimate of drug-likeness (QED) is 0.543. The topological polar surface area (TPSA) is 61.4 Å². The van der Waals surface area contributed by atoms with Gasteiger partial charge in [-0.25, -0.2) is 9.97 Å². The number of thiazole rings is 1. The maximum atomic E-state index is 12.7. The lowest BCUT2D eigenvalue weighted by molar-refractivity contribution is -0.137. The Bertz CT molecular complexity index is 1100. The van der Waals surface area contributed by atoms with Gasteiger partial charge >= 0.3 is 6.18 Å². The predicted molar refractivity (Wildman–Crippen MR) is 123 cm³/mol. The minimum atomic E-state index is -4.40. The van der Waals surface area contributed by atoms with E-state index >= 15 is 0 Å². The van der Waals surface area contributed by atoms with Crippen LogP contribution in [0.5, 0.6) is 0 Å². The zero-order valence-electron chi connectivity index (χ0n) is 17.5. The van der Waals surface area contributed by atoms with Crippen molar-refractivity contribution in [2.45, 2.75) is 12.6 Å². The van der Waals surface area contributed by atoms with E-state index in [1.54, 1.807) is 6.20 Å². The molecule has 11 heteroatoms. The van der Waals surface area contributed by atoms with E-state index in [1.807, 2.05) is 34.1 Å². The number of benzene rings is 1. The number of nitrogens with one attached hydrogen (secondary N) is 1. The number of piperazine rings is 1. The summed E-state index contributed by atoms with van der Waals surface area (Å²) < 4.78 is 38.1. The number of hydrogen-bond acceptors (Lipinski definition) is 6. The number of anilines is 2. The van der Waals surface area contributed by atoms with E-state index in [-0.39, 0.29) is 12.5 Å². The first kappa shape index (κ1) is 23.5. The summed E-state index contributed by atoms with van der Waals surface area (Å²) in [6.45, 7) is 2.57. The molecule has 1 aliphatic heterocycles. The highest BCUT2D eigenvalue weighted by atomic mass is 35.5. The fourth-order valence-electron chi connectivity index (χ4n) is 3.51. The summed E-state index contributed by atoms with van der Waals surface area (Å²) in [6.07, 6.45) is -1.17. The van der Waals surface area contributed by atoms with Crippen molar-refractivity contribution in [3.8, 4) is 0 Å². The van der Waals surface area contributed by atoms with Crippen molar-refractivity contribution in [3.05, 3.63) is 69.8 Å². The van der Waals surface area contributed by atoms with Gasteiger partial charge in [-0.2, -0.15) is 13.2 Å². The van der Waals surface area contributed by atoms with Crippen LogP contribution in [0.2, 0.25) is 5.02 Å². The number of carbonyl (C=O) groups excluding carboxylic acids is 1. The van der Waals surface area contributed by atoms with E-state index in [4.69, 9.17) is 11.6 Å². The molecule has 0 unspecified atom stereocenters. The van der Waals surface area contributed by atoms with Crippen molar-refractivity contribution in [2.75, 3.05) is 42.9 Å². The van der Waals surface area contributed by atoms with Crippen LogP contribution in [0.25, 0.3) is 0 Å². The van der Waals surface area contributed by atoms with Crippen molar-refractivity contribution in [1.82, 2.24) is 14.9 Å². The van der Waals surface area contributed by atoms with Gasteiger partial charge in [-0.1, -0.05) is 29.8 Å². The number of alkyl halides is 3. The number of nitrogens with zero attached hydrogens (tertiary/aromatic N) is 4. The molecule has 0 bridgehead atoms. The number of amides is 1. The van der Waals surface area contributed by atoms with E-state index in [0.717, 1.165) is 22.7 Å². The first-order chi connectivity index (χ1) is 15.8. The summed E-state index contributed by atoms with van der Waals surface area (Å²) in [5, 5.41) is 4.07. The summed E-state index contributed by atoms with van der Waals surface area (Å²) in [6, 6.07) is 10.0. The van der Waals surface area contributed by atoms with Crippen molar-refractivity contribution in [2.24, 2.45) is 0 Å². The molecule has 0 saturated carbocycles. The number of hydrogen-bond donors (Lipinski definition) is 1. The summed E-state index contributed by atoms with van der Waals surface area (Å²) in [5.74, 6) is 0.343. The maximum Gasteiger partial charge on any atom is 0.417 e. The van der Waals surface area contributed by atoms with Crippen molar-refractivity contribution in [1.29, 1.82) is 0 Å². The third-order valence-corrected chi connectivity index (χ3v) is 6.54. The molecule has 33 heavy (non-hydrogen) atoms. The summed E-state index contributed by atoms with van der Waals surface area (Å²) in [5.41, 5.74) is 0.236. The van der Waals surface area contributed by atoms with Gasteiger partial charge in [0.1, 0.15) is 5.82 Å². The van der Waals surface area contributed by atoms with Crippen LogP contribution in [0.15, 0.2) is 48.8 Å². The molecule has 1 fully saturated rings. The van der Waals surface area contributed by atoms with Crippen molar-refractivity contribution in [3.63, 3.8) is 0 Å². The highest BCUT2D eigenvalue weighted by Gasteiger charge is 2.31. The Labute approximate surface area is 198 Å². The Morgan fingerprint density at radius 1 is 1.06 bits per heavy atom. The monoisotopic (exact) mass is 495 g/mol. The zero-order chi connectivity index (χ0) is 23.4. The highest BCUT2D eigenvalue weighted by Crippen LogP contribution is 2.29. The molecule has 0 atom stereocenters. The fourth-order valence-corrected chi connectivity index (χ4v) is 4.57. The third-order valence-electron chi connectivity index (χ3n) is 5.26. The molecule has 1 amide bonds. The summed E-state index contributed by atoms with van der Waals surface area (Å²) in [7, 11) is 0. The lowest BCUT2D eigenvalue weighted by Crippen LogP contribution is -2.48. The molecule has 1 aromatic carbocycles. The second-order valence-electron chi connectivity index (χ2n) is 7.61. The van der Waals surface area contributed by atoms with E-state index in [0.29, 0.717) is 48.6 Å². The molecule has 1 saturated heterocycles. The second kappa shape index (κ2) is 10.1. The Morgan fingerprint density at radius 2 is 1.82 bits per heavy atom. The Morgan fingerprint density at radius 3 is 2.48 bits per heavy atom. The van der Waals surface area contributed by atoms with Crippen LogP contribution in [0.1, 0.15) is 16.0 Å². The summed E-state index contributed by atoms with van der Waals surface area (Å²) >= 11 is 7.61. The first-order valence-electron chi connectivity index (χ1n) is 10.3. The molecule has 1 N–H and O–H groups in total. The average Bonchev–Trinajstić information content (AvgIpc) is 3.22. The SMILES string of the molecule is O=C(CN1CCN(c2ccc(C(F)(F)F)cn2)CC1)Nc1ncc(Cc2ccccc2Cl)s1. The lowest BCUT2D eigenvalue weighted by atomic mass is 10.1. The van der Waals surface area contributed by atoms with Gasteiger partial charge < -0.3 is 10.2 Å². The van der Waals surface area contributed by atoms with Gasteiger partial charge in [-0.3, -0.25) is 9.69 Å². The van der Waals surface area contributed by atoms with Gasteiger partial charge in [0.25, 0.3) is 0 Å². The highest BCUT2D eigenvalue weighted by molar-refractivity contribution is 7.15. The van der Waals surface area contributed by atoms with Crippen LogP contribution < -0.4 is 10.2 Å². The largest absolute Gasteiger partial charge is 0.417 e. The molecule has 3 aromatic rings. The number of carbonyl (C=O) groups is 1. The van der Waals surface area contributed by atoms with Crippen LogP contribution in [0, 0.1) is 0 Å². The number of rotatable bonds is 6. The third kappa shape index (κ3) is 6.21. The van der Waals surface area contributed by atoms with Crippen molar-refractivity contribution < 1.29 is 18.0 Å². The maximum absolute atomic E-state index is 12.7. The molecule has 6 nitrogen and oxygen atoms in total. The molecule has 2 aromatic heterocycles. The first-order valence-corrected chi connectivity index (χ1v) is 11.5. The van der Waals surface area contributed by atoms with Crippen LogP contribution in [-0.2, 0) is 17.4 Å². The van der Waals surface area contributed by atoms with Gasteiger partial charge in [-0.15, -0.1) is 11.3 Å². The normalized spacial score (nSPS) is 15.0. The van der Waals surface area contributed by atoms with E-state index in [2.05, 4.69) is 15.3 Å². The molecule has 0 radical (unpaired) electrons. The van der Waals surface area contributed by atoms with Gasteiger partial charge in [0.05, 0.1) is 12.1 Å². The van der Waals surface area contributed by atoms with Crippen LogP contribution in [0.3, 0.4) is 0 Å². The minimum Gasteiger partial charge on any atom is -0.354 e. The zero-order valence-corrected chi connectivity index (χ0v) is 19.1. The Balaban J connectivity index is 1.24. The van der Waals surface area contributed by atoms with Gasteiger partial charge in [-0.05, 0) is 23.8 Å². The lowest BCUT2D eigenvalue weighted by Gasteiger charge is -2.35. The fraction of sp³-hybridized carbons (Fsp3) is 0.318. The van der Waals surface area contributed by atoms with Gasteiger partial charge in [0.2, 0.25) is 5.91 Å². The van der Waals surface area contributed by atoms with Crippen LogP contribution >= 0.6 is 22.9 Å². The van der Waals surface area contributed by atoms with Crippen LogP contribution in [-0.4, -0.2) is 53.5 Å². The molecular weight excluding hydrogens is 475 g/mol. The van der Waals surface area contributed by atoms with E-state index in [1.165, 1.54) is 17.4 Å². The number of halogens is 4. The summed E-state index contributed by atoms with van der Waals surface area (Å²) in [4.78, 5) is 25.6.